The summed E-state index contributed by atoms with van der Waals surface area (Å²) in [5.74, 6) is 1.86. The number of aromatic nitrogens is 2. The van der Waals surface area contributed by atoms with Gasteiger partial charge in [0.2, 0.25) is 0 Å². The maximum absolute atomic E-state index is 4.47. The maximum atomic E-state index is 4.47. The van der Waals surface area contributed by atoms with E-state index in [9.17, 15) is 0 Å². The van der Waals surface area contributed by atoms with Crippen LogP contribution < -0.4 is 5.32 Å². The van der Waals surface area contributed by atoms with Crippen LogP contribution in [0.2, 0.25) is 0 Å². The summed E-state index contributed by atoms with van der Waals surface area (Å²) in [5.41, 5.74) is 2.88. The first kappa shape index (κ1) is 19.1. The van der Waals surface area contributed by atoms with Gasteiger partial charge < -0.3 is 9.88 Å². The summed E-state index contributed by atoms with van der Waals surface area (Å²) in [6, 6.07) is 9.80. The molecular formula is C22H34N4. The first-order valence-corrected chi connectivity index (χ1v) is 10.2. The number of nitrogens with zero attached hydrogens (tertiary/aromatic N) is 3. The zero-order chi connectivity index (χ0) is 18.4. The topological polar surface area (TPSA) is 33.1 Å². The van der Waals surface area contributed by atoms with E-state index in [1.54, 1.807) is 0 Å². The lowest BCUT2D eigenvalue weighted by Crippen LogP contribution is -2.45. The van der Waals surface area contributed by atoms with Crippen LogP contribution in [0.25, 0.3) is 0 Å². The second-order valence-electron chi connectivity index (χ2n) is 8.00. The molecule has 1 N–H and O–H groups in total. The van der Waals surface area contributed by atoms with Crippen LogP contribution >= 0.6 is 0 Å². The van der Waals surface area contributed by atoms with Gasteiger partial charge in [-0.25, -0.2) is 4.98 Å². The van der Waals surface area contributed by atoms with Gasteiger partial charge in [-0.15, -0.1) is 0 Å². The summed E-state index contributed by atoms with van der Waals surface area (Å²) in [6.07, 6.45) is 7.66. The van der Waals surface area contributed by atoms with Crippen molar-refractivity contribution < 1.29 is 0 Å². The fraction of sp³-hybridized carbons (Fsp3) is 0.591. The highest BCUT2D eigenvalue weighted by molar-refractivity contribution is 5.23. The molecule has 1 aromatic carbocycles. The normalized spacial score (nSPS) is 18.5. The summed E-state index contributed by atoms with van der Waals surface area (Å²) in [5, 5.41) is 3.72. The van der Waals surface area contributed by atoms with E-state index in [2.05, 4.69) is 71.0 Å². The quantitative estimate of drug-likeness (QED) is 0.781. The zero-order valence-electron chi connectivity index (χ0n) is 16.6. The molecule has 0 radical (unpaired) electrons. The van der Waals surface area contributed by atoms with Crippen molar-refractivity contribution in [3.8, 4) is 0 Å². The Hall–Kier alpha value is -1.65. The molecule has 142 valence electrons. The summed E-state index contributed by atoms with van der Waals surface area (Å²) in [6.45, 7) is 12.0. The first-order chi connectivity index (χ1) is 12.6. The van der Waals surface area contributed by atoms with Gasteiger partial charge in [-0.1, -0.05) is 38.1 Å². The molecule has 4 heteroatoms. The summed E-state index contributed by atoms with van der Waals surface area (Å²) in [7, 11) is 0. The SMILES string of the molecule is CCn1ccnc1CNC1CCCN(Cc2ccc(CC(C)C)cc2)C1. The molecule has 26 heavy (non-hydrogen) atoms. The number of nitrogens with one attached hydrogen (secondary N) is 1. The molecule has 1 aromatic heterocycles. The van der Waals surface area contributed by atoms with Crippen molar-refractivity contribution in [2.45, 2.75) is 65.7 Å². The molecule has 0 spiro atoms. The van der Waals surface area contributed by atoms with E-state index in [0.29, 0.717) is 6.04 Å². The Labute approximate surface area is 158 Å². The van der Waals surface area contributed by atoms with E-state index in [-0.39, 0.29) is 0 Å². The van der Waals surface area contributed by atoms with Crippen LogP contribution in [0.4, 0.5) is 0 Å². The Bertz CT molecular complexity index is 659. The van der Waals surface area contributed by atoms with Crippen molar-refractivity contribution in [3.05, 3.63) is 53.6 Å². The highest BCUT2D eigenvalue weighted by Crippen LogP contribution is 2.16. The molecule has 2 aromatic rings. The first-order valence-electron chi connectivity index (χ1n) is 10.2. The molecule has 1 unspecified atom stereocenters. The van der Waals surface area contributed by atoms with Crippen LogP contribution in [-0.4, -0.2) is 33.6 Å². The number of hydrogen-bond donors (Lipinski definition) is 1. The minimum Gasteiger partial charge on any atom is -0.334 e. The van der Waals surface area contributed by atoms with E-state index in [4.69, 9.17) is 0 Å². The number of likely N-dealkylation sites (tertiary alicyclic amines) is 1. The largest absolute Gasteiger partial charge is 0.334 e. The number of imidazole rings is 1. The van der Waals surface area contributed by atoms with Gasteiger partial charge in [0.05, 0.1) is 6.54 Å². The third-order valence-electron chi connectivity index (χ3n) is 5.27. The molecule has 0 bridgehead atoms. The molecule has 1 aliphatic rings. The molecule has 4 nitrogen and oxygen atoms in total. The minimum absolute atomic E-state index is 0.561. The van der Waals surface area contributed by atoms with Crippen LogP contribution in [0.15, 0.2) is 36.7 Å². The second-order valence-corrected chi connectivity index (χ2v) is 8.00. The van der Waals surface area contributed by atoms with Crippen LogP contribution in [0, 0.1) is 5.92 Å². The number of hydrogen-bond acceptors (Lipinski definition) is 3. The fourth-order valence-electron chi connectivity index (χ4n) is 3.91. The van der Waals surface area contributed by atoms with Crippen molar-refractivity contribution in [2.75, 3.05) is 13.1 Å². The smallest absolute Gasteiger partial charge is 0.122 e. The van der Waals surface area contributed by atoms with Crippen molar-refractivity contribution in [2.24, 2.45) is 5.92 Å². The fourth-order valence-corrected chi connectivity index (χ4v) is 3.91. The number of rotatable bonds is 8. The summed E-state index contributed by atoms with van der Waals surface area (Å²) in [4.78, 5) is 7.06. The molecule has 1 fully saturated rings. The van der Waals surface area contributed by atoms with Crippen LogP contribution in [-0.2, 0) is 26.1 Å². The Morgan fingerprint density at radius 1 is 1.19 bits per heavy atom. The highest BCUT2D eigenvalue weighted by atomic mass is 15.2. The average molecular weight is 355 g/mol. The van der Waals surface area contributed by atoms with Crippen molar-refractivity contribution in [3.63, 3.8) is 0 Å². The maximum Gasteiger partial charge on any atom is 0.122 e. The molecular weight excluding hydrogens is 320 g/mol. The molecule has 1 aliphatic heterocycles. The summed E-state index contributed by atoms with van der Waals surface area (Å²) >= 11 is 0. The number of aryl methyl sites for hydroxylation is 1. The van der Waals surface area contributed by atoms with E-state index >= 15 is 0 Å². The van der Waals surface area contributed by atoms with Crippen LogP contribution in [0.3, 0.4) is 0 Å². The van der Waals surface area contributed by atoms with Crippen LogP contribution in [0.5, 0.6) is 0 Å². The zero-order valence-corrected chi connectivity index (χ0v) is 16.6. The number of piperidine rings is 1. The van der Waals surface area contributed by atoms with Gasteiger partial charge in [0.1, 0.15) is 5.82 Å². The molecule has 2 heterocycles. The van der Waals surface area contributed by atoms with Gasteiger partial charge in [-0.3, -0.25) is 4.90 Å². The Morgan fingerprint density at radius 2 is 1.96 bits per heavy atom. The van der Waals surface area contributed by atoms with Crippen molar-refractivity contribution in [1.29, 1.82) is 0 Å². The van der Waals surface area contributed by atoms with Crippen molar-refractivity contribution >= 4 is 0 Å². The molecule has 0 amide bonds. The monoisotopic (exact) mass is 354 g/mol. The van der Waals surface area contributed by atoms with Gasteiger partial charge in [0.15, 0.2) is 0 Å². The molecule has 1 atom stereocenters. The van der Waals surface area contributed by atoms with E-state index in [1.165, 1.54) is 36.9 Å². The standard InChI is InChI=1S/C22H34N4/c1-4-26-13-11-23-22(26)15-24-21-6-5-12-25(17-21)16-20-9-7-19(8-10-20)14-18(2)3/h7-11,13,18,21,24H,4-6,12,14-17H2,1-3H3. The predicted molar refractivity (Wildman–Crippen MR) is 108 cm³/mol. The van der Waals surface area contributed by atoms with Gasteiger partial charge in [-0.2, -0.15) is 0 Å². The van der Waals surface area contributed by atoms with Gasteiger partial charge in [-0.05, 0) is 49.8 Å². The molecule has 0 saturated carbocycles. The molecule has 1 saturated heterocycles. The summed E-state index contributed by atoms with van der Waals surface area (Å²) < 4.78 is 2.21. The van der Waals surface area contributed by atoms with E-state index in [0.717, 1.165) is 37.9 Å². The van der Waals surface area contributed by atoms with E-state index < -0.39 is 0 Å². The molecule has 0 aliphatic carbocycles. The molecule has 3 rings (SSSR count). The van der Waals surface area contributed by atoms with Gasteiger partial charge in [0.25, 0.3) is 0 Å². The van der Waals surface area contributed by atoms with Gasteiger partial charge >= 0.3 is 0 Å². The van der Waals surface area contributed by atoms with Crippen LogP contribution in [0.1, 0.15) is 50.6 Å². The average Bonchev–Trinajstić information content (AvgIpc) is 3.09. The van der Waals surface area contributed by atoms with Gasteiger partial charge in [0, 0.05) is 38.1 Å². The minimum atomic E-state index is 0.561. The Kier molecular flexibility index (Phi) is 6.86. The predicted octanol–water partition coefficient (Wildman–Crippen LogP) is 3.86. The second kappa shape index (κ2) is 9.33. The Balaban J connectivity index is 1.48. The third-order valence-corrected chi connectivity index (χ3v) is 5.27. The number of benzene rings is 1. The van der Waals surface area contributed by atoms with E-state index in [1.807, 2.05) is 6.20 Å². The third kappa shape index (κ3) is 5.42. The highest BCUT2D eigenvalue weighted by Gasteiger charge is 2.20. The Morgan fingerprint density at radius 3 is 2.69 bits per heavy atom. The lowest BCUT2D eigenvalue weighted by Gasteiger charge is -2.33. The lowest BCUT2D eigenvalue weighted by atomic mass is 10.0. The lowest BCUT2D eigenvalue weighted by molar-refractivity contribution is 0.182. The van der Waals surface area contributed by atoms with Crippen molar-refractivity contribution in [1.82, 2.24) is 19.8 Å².